The number of halogens is 2. The van der Waals surface area contributed by atoms with E-state index in [1.165, 1.54) is 12.1 Å². The van der Waals surface area contributed by atoms with Crippen molar-refractivity contribution in [2.75, 3.05) is 24.5 Å². The molecule has 2 atom stereocenters. The molecule has 1 saturated heterocycles. The molecule has 5 heteroatoms. The molecule has 0 spiro atoms. The first kappa shape index (κ1) is 16.2. The van der Waals surface area contributed by atoms with Crippen molar-refractivity contribution in [3.05, 3.63) is 29.8 Å². The topological polar surface area (TPSA) is 35.5 Å². The zero-order valence-corrected chi connectivity index (χ0v) is 12.9. The van der Waals surface area contributed by atoms with E-state index in [1.54, 1.807) is 19.9 Å². The molecule has 0 bridgehead atoms. The fraction of sp³-hybridized carbons (Fsp3) is 0.625. The van der Waals surface area contributed by atoms with Crippen molar-refractivity contribution in [1.29, 1.82) is 0 Å². The Labute approximate surface area is 125 Å². The number of aliphatic hydroxyl groups is 1. The molecule has 21 heavy (non-hydrogen) atoms. The van der Waals surface area contributed by atoms with Crippen molar-refractivity contribution in [3.8, 4) is 0 Å². The third-order valence-corrected chi connectivity index (χ3v) is 4.33. The molecule has 0 aromatic heterocycles. The van der Waals surface area contributed by atoms with Crippen LogP contribution in [0.25, 0.3) is 0 Å². The second-order valence-corrected chi connectivity index (χ2v) is 6.48. The minimum absolute atomic E-state index is 0.00909. The van der Waals surface area contributed by atoms with Crippen molar-refractivity contribution in [1.82, 2.24) is 5.32 Å². The van der Waals surface area contributed by atoms with Crippen LogP contribution in [0.5, 0.6) is 0 Å². The zero-order chi connectivity index (χ0) is 15.6. The van der Waals surface area contributed by atoms with Gasteiger partial charge in [-0.2, -0.15) is 0 Å². The number of hydrogen-bond acceptors (Lipinski definition) is 3. The van der Waals surface area contributed by atoms with Gasteiger partial charge in [0.15, 0.2) is 11.6 Å². The van der Waals surface area contributed by atoms with Crippen LogP contribution in [0.2, 0.25) is 0 Å². The maximum atomic E-state index is 13.3. The summed E-state index contributed by atoms with van der Waals surface area (Å²) in [7, 11) is 0. The van der Waals surface area contributed by atoms with Crippen molar-refractivity contribution >= 4 is 5.69 Å². The summed E-state index contributed by atoms with van der Waals surface area (Å²) in [5.41, 5.74) is -0.0230. The molecule has 3 nitrogen and oxygen atoms in total. The van der Waals surface area contributed by atoms with Crippen molar-refractivity contribution in [2.24, 2.45) is 5.92 Å². The molecule has 0 amide bonds. The molecule has 1 aliphatic heterocycles. The van der Waals surface area contributed by atoms with Gasteiger partial charge in [-0.15, -0.1) is 0 Å². The summed E-state index contributed by atoms with van der Waals surface area (Å²) in [5.74, 6) is -1.16. The Morgan fingerprint density at radius 1 is 1.38 bits per heavy atom. The van der Waals surface area contributed by atoms with Gasteiger partial charge in [0.2, 0.25) is 0 Å². The first-order valence-electron chi connectivity index (χ1n) is 7.43. The van der Waals surface area contributed by atoms with Crippen LogP contribution in [0, 0.1) is 17.6 Å². The van der Waals surface area contributed by atoms with Crippen LogP contribution in [-0.2, 0) is 0 Å². The SMILES string of the molecule is CC(NCC1CCN(c2ccc(F)c(F)c2)C1)C(C)(C)O. The standard InChI is InChI=1S/C16H24F2N2O/c1-11(16(2,3)21)19-9-12-6-7-20(10-12)13-4-5-14(17)15(18)8-13/h4-5,8,11-12,19,21H,6-7,9-10H2,1-3H3. The highest BCUT2D eigenvalue weighted by atomic mass is 19.2. The maximum Gasteiger partial charge on any atom is 0.160 e. The number of nitrogens with one attached hydrogen (secondary N) is 1. The summed E-state index contributed by atoms with van der Waals surface area (Å²) >= 11 is 0. The Morgan fingerprint density at radius 3 is 2.71 bits per heavy atom. The third-order valence-electron chi connectivity index (χ3n) is 4.33. The molecule has 1 aliphatic rings. The van der Waals surface area contributed by atoms with Crippen LogP contribution in [0.3, 0.4) is 0 Å². The van der Waals surface area contributed by atoms with Crippen LogP contribution < -0.4 is 10.2 Å². The van der Waals surface area contributed by atoms with Crippen molar-refractivity contribution in [3.63, 3.8) is 0 Å². The van der Waals surface area contributed by atoms with E-state index in [0.717, 1.165) is 31.7 Å². The second kappa shape index (κ2) is 6.28. The van der Waals surface area contributed by atoms with Gasteiger partial charge < -0.3 is 15.3 Å². The third kappa shape index (κ3) is 4.14. The maximum absolute atomic E-state index is 13.3. The van der Waals surface area contributed by atoms with E-state index in [2.05, 4.69) is 10.2 Å². The molecule has 1 aromatic carbocycles. The van der Waals surface area contributed by atoms with E-state index in [9.17, 15) is 13.9 Å². The number of nitrogens with zero attached hydrogens (tertiary/aromatic N) is 1. The first-order chi connectivity index (χ1) is 9.77. The average molecular weight is 298 g/mol. The van der Waals surface area contributed by atoms with Gasteiger partial charge in [-0.05, 0) is 45.2 Å². The lowest BCUT2D eigenvalue weighted by Gasteiger charge is -2.28. The van der Waals surface area contributed by atoms with Gasteiger partial charge in [0, 0.05) is 37.4 Å². The van der Waals surface area contributed by atoms with Gasteiger partial charge in [0.25, 0.3) is 0 Å². The minimum Gasteiger partial charge on any atom is -0.389 e. The molecule has 118 valence electrons. The molecule has 2 N–H and O–H groups in total. The van der Waals surface area contributed by atoms with Crippen LogP contribution in [0.1, 0.15) is 27.2 Å². The fourth-order valence-corrected chi connectivity index (χ4v) is 2.51. The molecule has 1 heterocycles. The molecule has 0 saturated carbocycles. The van der Waals surface area contributed by atoms with Crippen LogP contribution >= 0.6 is 0 Å². The number of benzene rings is 1. The number of anilines is 1. The van der Waals surface area contributed by atoms with Gasteiger partial charge in [-0.25, -0.2) is 8.78 Å². The van der Waals surface area contributed by atoms with E-state index in [0.29, 0.717) is 5.92 Å². The van der Waals surface area contributed by atoms with E-state index < -0.39 is 17.2 Å². The lowest BCUT2D eigenvalue weighted by atomic mass is 10.00. The Hall–Kier alpha value is -1.20. The predicted molar refractivity (Wildman–Crippen MR) is 80.4 cm³/mol. The lowest BCUT2D eigenvalue weighted by Crippen LogP contribution is -2.46. The van der Waals surface area contributed by atoms with Crippen molar-refractivity contribution in [2.45, 2.75) is 38.8 Å². The quantitative estimate of drug-likeness (QED) is 0.877. The Morgan fingerprint density at radius 2 is 2.10 bits per heavy atom. The minimum atomic E-state index is -0.810. The van der Waals surface area contributed by atoms with Crippen LogP contribution in [0.15, 0.2) is 18.2 Å². The Balaban J connectivity index is 1.87. The molecule has 2 rings (SSSR count). The largest absolute Gasteiger partial charge is 0.389 e. The molecule has 2 unspecified atom stereocenters. The highest BCUT2D eigenvalue weighted by molar-refractivity contribution is 5.47. The number of rotatable bonds is 5. The van der Waals surface area contributed by atoms with Gasteiger partial charge >= 0.3 is 0 Å². The summed E-state index contributed by atoms with van der Waals surface area (Å²) in [4.78, 5) is 2.07. The van der Waals surface area contributed by atoms with E-state index in [-0.39, 0.29) is 6.04 Å². The summed E-state index contributed by atoms with van der Waals surface area (Å²) in [5, 5.41) is 13.2. The second-order valence-electron chi connectivity index (χ2n) is 6.48. The van der Waals surface area contributed by atoms with E-state index >= 15 is 0 Å². The molecule has 0 aliphatic carbocycles. The molecule has 1 fully saturated rings. The smallest absolute Gasteiger partial charge is 0.160 e. The summed E-state index contributed by atoms with van der Waals surface area (Å²) in [6.07, 6.45) is 1.00. The molecule has 0 radical (unpaired) electrons. The van der Waals surface area contributed by atoms with Crippen molar-refractivity contribution < 1.29 is 13.9 Å². The summed E-state index contributed by atoms with van der Waals surface area (Å²) < 4.78 is 26.2. The Kier molecular flexibility index (Phi) is 4.84. The molecule has 1 aromatic rings. The highest BCUT2D eigenvalue weighted by Gasteiger charge is 2.26. The summed E-state index contributed by atoms with van der Waals surface area (Å²) in [6.45, 7) is 8.00. The summed E-state index contributed by atoms with van der Waals surface area (Å²) in [6, 6.07) is 4.06. The van der Waals surface area contributed by atoms with Crippen LogP contribution in [-0.4, -0.2) is 36.4 Å². The monoisotopic (exact) mass is 298 g/mol. The predicted octanol–water partition coefficient (Wildman–Crippen LogP) is 2.54. The average Bonchev–Trinajstić information content (AvgIpc) is 2.87. The van der Waals surface area contributed by atoms with Gasteiger partial charge in [0.1, 0.15) is 0 Å². The molecular formula is C16H24F2N2O. The Bertz CT molecular complexity index is 488. The fourth-order valence-electron chi connectivity index (χ4n) is 2.51. The van der Waals surface area contributed by atoms with E-state index in [1.807, 2.05) is 6.92 Å². The zero-order valence-electron chi connectivity index (χ0n) is 12.9. The molecular weight excluding hydrogens is 274 g/mol. The number of hydrogen-bond donors (Lipinski definition) is 2. The lowest BCUT2D eigenvalue weighted by molar-refractivity contribution is 0.0432. The first-order valence-corrected chi connectivity index (χ1v) is 7.43. The highest BCUT2D eigenvalue weighted by Crippen LogP contribution is 2.25. The van der Waals surface area contributed by atoms with Crippen LogP contribution in [0.4, 0.5) is 14.5 Å². The van der Waals surface area contributed by atoms with E-state index in [4.69, 9.17) is 0 Å². The normalized spacial score (nSPS) is 20.9. The van der Waals surface area contributed by atoms with Gasteiger partial charge in [-0.3, -0.25) is 0 Å². The van der Waals surface area contributed by atoms with Gasteiger partial charge in [-0.1, -0.05) is 0 Å². The van der Waals surface area contributed by atoms with Gasteiger partial charge in [0.05, 0.1) is 5.60 Å².